The zero-order valence-corrected chi connectivity index (χ0v) is 11.9. The highest BCUT2D eigenvalue weighted by atomic mass is 16.6. The van der Waals surface area contributed by atoms with Crippen molar-refractivity contribution < 1.29 is 23.6 Å². The lowest BCUT2D eigenvalue weighted by Gasteiger charge is -2.15. The summed E-state index contributed by atoms with van der Waals surface area (Å²) in [4.78, 5) is 21.5. The molecule has 1 amide bonds. The Morgan fingerprint density at radius 3 is 2.41 bits per heavy atom. The van der Waals surface area contributed by atoms with E-state index < -0.39 is 22.8 Å². The van der Waals surface area contributed by atoms with E-state index in [2.05, 4.69) is 0 Å². The van der Waals surface area contributed by atoms with E-state index >= 15 is 0 Å². The number of carbonyl (C=O) groups is 1. The first-order chi connectivity index (χ1) is 10.5. The van der Waals surface area contributed by atoms with E-state index in [0.29, 0.717) is 11.3 Å². The summed E-state index contributed by atoms with van der Waals surface area (Å²) in [5, 5.41) is 10.8. The third-order valence-electron chi connectivity index (χ3n) is 3.09. The molecule has 1 aromatic carbocycles. The second-order valence-corrected chi connectivity index (χ2v) is 4.38. The summed E-state index contributed by atoms with van der Waals surface area (Å²) in [5.41, 5.74) is 6.08. The molecule has 0 saturated heterocycles. The Morgan fingerprint density at radius 2 is 1.95 bits per heavy atom. The molecule has 0 aliphatic rings. The van der Waals surface area contributed by atoms with Crippen molar-refractivity contribution in [3.8, 4) is 5.75 Å². The molecule has 1 aromatic heterocycles. The smallest absolute Gasteiger partial charge is 0.434 e. The fourth-order valence-electron chi connectivity index (χ4n) is 2.09. The quantitative estimate of drug-likeness (QED) is 0.644. The summed E-state index contributed by atoms with van der Waals surface area (Å²) in [6.07, 6.45) is -0.731. The van der Waals surface area contributed by atoms with Gasteiger partial charge in [0.1, 0.15) is 16.8 Å². The number of benzene rings is 1. The van der Waals surface area contributed by atoms with Crippen LogP contribution in [0.4, 0.5) is 5.88 Å². The number of furan rings is 1. The van der Waals surface area contributed by atoms with Gasteiger partial charge in [0.25, 0.3) is 5.91 Å². The van der Waals surface area contributed by atoms with Crippen molar-refractivity contribution in [2.24, 2.45) is 5.73 Å². The van der Waals surface area contributed by atoms with Crippen molar-refractivity contribution in [2.45, 2.75) is 6.10 Å². The molecule has 2 aromatic rings. The SMILES string of the molecule is COc1ccc(C(OC)c2cc([N+](=O)[O-])oc2C(N)=O)cc1. The lowest BCUT2D eigenvalue weighted by atomic mass is 10.0. The number of ether oxygens (including phenoxy) is 2. The second kappa shape index (κ2) is 6.27. The number of primary amides is 1. The molecule has 1 unspecified atom stereocenters. The van der Waals surface area contributed by atoms with Gasteiger partial charge in [-0.1, -0.05) is 12.1 Å². The van der Waals surface area contributed by atoms with E-state index in [9.17, 15) is 14.9 Å². The lowest BCUT2D eigenvalue weighted by molar-refractivity contribution is -0.402. The van der Waals surface area contributed by atoms with E-state index in [1.807, 2.05) is 0 Å². The highest BCUT2D eigenvalue weighted by Gasteiger charge is 2.28. The predicted octanol–water partition coefficient (Wildman–Crippen LogP) is 2.03. The minimum absolute atomic E-state index is 0.201. The molecule has 0 saturated carbocycles. The summed E-state index contributed by atoms with van der Waals surface area (Å²) in [5.74, 6) is -1.13. The first-order valence-corrected chi connectivity index (χ1v) is 6.22. The van der Waals surface area contributed by atoms with Crippen LogP contribution in [-0.2, 0) is 4.74 Å². The minimum atomic E-state index is -0.904. The zero-order chi connectivity index (χ0) is 16.3. The third kappa shape index (κ3) is 2.91. The summed E-state index contributed by atoms with van der Waals surface area (Å²) < 4.78 is 15.3. The lowest BCUT2D eigenvalue weighted by Crippen LogP contribution is -2.15. The van der Waals surface area contributed by atoms with Gasteiger partial charge >= 0.3 is 5.88 Å². The fraction of sp³-hybridized carbons (Fsp3) is 0.214. The Morgan fingerprint density at radius 1 is 1.32 bits per heavy atom. The number of nitro groups is 1. The molecular formula is C14H14N2O6. The molecule has 0 fully saturated rings. The standard InChI is InChI=1S/C14H14N2O6/c1-20-9-5-3-8(4-6-9)12(21-2)10-7-11(16(18)19)22-13(10)14(15)17/h3-7,12H,1-2H3,(H2,15,17). The topological polar surface area (TPSA) is 118 Å². The normalized spacial score (nSPS) is 11.9. The molecule has 0 aliphatic heterocycles. The highest BCUT2D eigenvalue weighted by Crippen LogP contribution is 2.33. The molecule has 0 bridgehead atoms. The molecule has 8 heteroatoms. The summed E-state index contributed by atoms with van der Waals surface area (Å²) in [7, 11) is 2.95. The van der Waals surface area contributed by atoms with Crippen LogP contribution in [0.15, 0.2) is 34.7 Å². The number of nitrogens with zero attached hydrogens (tertiary/aromatic N) is 1. The van der Waals surface area contributed by atoms with Gasteiger partial charge in [-0.25, -0.2) is 0 Å². The van der Waals surface area contributed by atoms with Gasteiger partial charge in [0.05, 0.1) is 13.2 Å². The van der Waals surface area contributed by atoms with E-state index in [0.717, 1.165) is 6.07 Å². The van der Waals surface area contributed by atoms with Gasteiger partial charge in [-0.05, 0) is 17.7 Å². The summed E-state index contributed by atoms with van der Waals surface area (Å²) in [6.45, 7) is 0. The van der Waals surface area contributed by atoms with E-state index in [1.54, 1.807) is 24.3 Å². The molecule has 0 aliphatic carbocycles. The highest BCUT2D eigenvalue weighted by molar-refractivity contribution is 5.92. The van der Waals surface area contributed by atoms with Crippen molar-refractivity contribution in [1.82, 2.24) is 0 Å². The van der Waals surface area contributed by atoms with E-state index in [-0.39, 0.29) is 11.3 Å². The van der Waals surface area contributed by atoms with Crippen LogP contribution >= 0.6 is 0 Å². The number of hydrogen-bond acceptors (Lipinski definition) is 6. The number of hydrogen-bond donors (Lipinski definition) is 1. The van der Waals surface area contributed by atoms with E-state index in [4.69, 9.17) is 19.6 Å². The Bertz CT molecular complexity index is 692. The number of amides is 1. The van der Waals surface area contributed by atoms with Gasteiger partial charge < -0.3 is 19.6 Å². The van der Waals surface area contributed by atoms with Crippen LogP contribution in [0, 0.1) is 10.1 Å². The summed E-state index contributed by atoms with van der Waals surface area (Å²) >= 11 is 0. The van der Waals surface area contributed by atoms with E-state index in [1.165, 1.54) is 14.2 Å². The fourth-order valence-corrected chi connectivity index (χ4v) is 2.09. The predicted molar refractivity (Wildman–Crippen MR) is 75.7 cm³/mol. The van der Waals surface area contributed by atoms with Crippen LogP contribution in [0.1, 0.15) is 27.8 Å². The van der Waals surface area contributed by atoms with Crippen molar-refractivity contribution in [3.05, 3.63) is 57.3 Å². The van der Waals surface area contributed by atoms with Crippen LogP contribution in [0.2, 0.25) is 0 Å². The molecule has 0 radical (unpaired) electrons. The molecule has 1 heterocycles. The monoisotopic (exact) mass is 306 g/mol. The Balaban J connectivity index is 2.49. The third-order valence-corrected chi connectivity index (χ3v) is 3.09. The average molecular weight is 306 g/mol. The van der Waals surface area contributed by atoms with Crippen molar-refractivity contribution >= 4 is 11.8 Å². The first kappa shape index (κ1) is 15.5. The average Bonchev–Trinajstić information content (AvgIpc) is 2.94. The Kier molecular flexibility index (Phi) is 4.42. The van der Waals surface area contributed by atoms with Crippen molar-refractivity contribution in [2.75, 3.05) is 14.2 Å². The molecule has 2 rings (SSSR count). The minimum Gasteiger partial charge on any atom is -0.497 e. The van der Waals surface area contributed by atoms with Crippen LogP contribution in [0.3, 0.4) is 0 Å². The molecule has 8 nitrogen and oxygen atoms in total. The Labute approximate surface area is 125 Å². The molecule has 2 N–H and O–H groups in total. The zero-order valence-electron chi connectivity index (χ0n) is 11.9. The maximum atomic E-state index is 11.4. The van der Waals surface area contributed by atoms with Gasteiger partial charge in [0.15, 0.2) is 0 Å². The van der Waals surface area contributed by atoms with Gasteiger partial charge in [-0.2, -0.15) is 0 Å². The van der Waals surface area contributed by atoms with Crippen LogP contribution < -0.4 is 10.5 Å². The van der Waals surface area contributed by atoms with Crippen LogP contribution in [0.5, 0.6) is 5.75 Å². The number of carbonyl (C=O) groups excluding carboxylic acids is 1. The van der Waals surface area contributed by atoms with Gasteiger partial charge in [-0.3, -0.25) is 14.9 Å². The van der Waals surface area contributed by atoms with Gasteiger partial charge in [0.2, 0.25) is 5.76 Å². The van der Waals surface area contributed by atoms with Crippen molar-refractivity contribution in [1.29, 1.82) is 0 Å². The van der Waals surface area contributed by atoms with Crippen molar-refractivity contribution in [3.63, 3.8) is 0 Å². The molecule has 116 valence electrons. The van der Waals surface area contributed by atoms with Gasteiger partial charge in [0, 0.05) is 12.7 Å². The maximum absolute atomic E-state index is 11.4. The number of nitrogens with two attached hydrogens (primary N) is 1. The maximum Gasteiger partial charge on any atom is 0.434 e. The first-order valence-electron chi connectivity index (χ1n) is 6.22. The molecule has 0 spiro atoms. The molecule has 1 atom stereocenters. The van der Waals surface area contributed by atoms with Crippen LogP contribution in [0.25, 0.3) is 0 Å². The summed E-state index contributed by atoms with van der Waals surface area (Å²) in [6, 6.07) is 7.99. The number of rotatable bonds is 6. The van der Waals surface area contributed by atoms with Gasteiger partial charge in [-0.15, -0.1) is 0 Å². The van der Waals surface area contributed by atoms with Crippen LogP contribution in [-0.4, -0.2) is 25.1 Å². The second-order valence-electron chi connectivity index (χ2n) is 4.38. The largest absolute Gasteiger partial charge is 0.497 e. The molecule has 22 heavy (non-hydrogen) atoms. The Hall–Kier alpha value is -2.87. The number of methoxy groups -OCH3 is 2. The molecular weight excluding hydrogens is 292 g/mol.